The fraction of sp³-hybridized carbons (Fsp3) is 0.250. The summed E-state index contributed by atoms with van der Waals surface area (Å²) in [5, 5.41) is 2.67. The predicted molar refractivity (Wildman–Crippen MR) is 129 cm³/mol. The first kappa shape index (κ1) is 22.7. The number of ether oxygens (including phenoxy) is 2. The van der Waals surface area contributed by atoms with Gasteiger partial charge >= 0.3 is 12.1 Å². The lowest BCUT2D eigenvalue weighted by Gasteiger charge is -2.40. The van der Waals surface area contributed by atoms with Gasteiger partial charge in [-0.05, 0) is 30.5 Å². The molecule has 178 valence electrons. The number of cyclic esters (lactones) is 1. The summed E-state index contributed by atoms with van der Waals surface area (Å²) in [6.07, 6.45) is -1.27. The van der Waals surface area contributed by atoms with Gasteiger partial charge in [0.15, 0.2) is 6.10 Å². The second-order valence-corrected chi connectivity index (χ2v) is 8.80. The van der Waals surface area contributed by atoms with Gasteiger partial charge in [-0.3, -0.25) is 4.79 Å². The van der Waals surface area contributed by atoms with Crippen LogP contribution in [-0.4, -0.2) is 41.6 Å². The number of fused-ring (bicyclic) bond motifs is 3. The van der Waals surface area contributed by atoms with E-state index >= 15 is 0 Å². The molecule has 35 heavy (non-hydrogen) atoms. The smallest absolute Gasteiger partial charge is 0.408 e. The maximum Gasteiger partial charge on any atom is 0.408 e. The van der Waals surface area contributed by atoms with E-state index < -0.39 is 36.3 Å². The van der Waals surface area contributed by atoms with Gasteiger partial charge in [-0.25, -0.2) is 9.59 Å². The third-order valence-electron chi connectivity index (χ3n) is 6.62. The first-order valence-corrected chi connectivity index (χ1v) is 11.6. The van der Waals surface area contributed by atoms with Gasteiger partial charge < -0.3 is 19.7 Å². The van der Waals surface area contributed by atoms with Crippen molar-refractivity contribution >= 4 is 18.0 Å². The minimum Gasteiger partial charge on any atom is -0.462 e. The molecule has 3 aromatic rings. The van der Waals surface area contributed by atoms with Crippen LogP contribution in [0, 0.1) is 0 Å². The molecule has 1 N–H and O–H groups in total. The zero-order valence-electron chi connectivity index (χ0n) is 19.5. The molecule has 1 aliphatic heterocycles. The normalized spacial score (nSPS) is 19.8. The van der Waals surface area contributed by atoms with Gasteiger partial charge in [-0.2, -0.15) is 0 Å². The van der Waals surface area contributed by atoms with Gasteiger partial charge in [0.05, 0.1) is 6.04 Å². The Bertz CT molecular complexity index is 1230. The summed E-state index contributed by atoms with van der Waals surface area (Å²) in [5.41, 5.74) is 4.71. The topological polar surface area (TPSA) is 84.9 Å². The van der Waals surface area contributed by atoms with Crippen molar-refractivity contribution < 1.29 is 23.9 Å². The van der Waals surface area contributed by atoms with Crippen molar-refractivity contribution in [2.24, 2.45) is 0 Å². The molecule has 7 heteroatoms. The maximum atomic E-state index is 13.5. The number of benzene rings is 3. The second-order valence-electron chi connectivity index (χ2n) is 8.80. The van der Waals surface area contributed by atoms with E-state index in [4.69, 9.17) is 9.47 Å². The third-order valence-corrected chi connectivity index (χ3v) is 6.62. The molecule has 0 radical (unpaired) electrons. The standard InChI is InChI=1S/C28H26N2O5/c1-17(26(31)30-18(2)27(32)34-16-24(30)19-10-4-3-5-11-19)29-28(33)35-25-22-14-8-6-12-20(22)21-13-7-9-15-23(21)25/h3-15,17-18,24-25H,16H2,1-2H3,(H,29,33)/t17-,18-,24-/m0/s1. The average molecular weight is 471 g/mol. The molecule has 1 saturated heterocycles. The van der Waals surface area contributed by atoms with Crippen molar-refractivity contribution in [1.82, 2.24) is 10.2 Å². The lowest BCUT2D eigenvalue weighted by atomic mass is 10.0. The Kier molecular flexibility index (Phi) is 5.99. The summed E-state index contributed by atoms with van der Waals surface area (Å²) in [4.78, 5) is 40.1. The van der Waals surface area contributed by atoms with Gasteiger partial charge in [0.25, 0.3) is 0 Å². The van der Waals surface area contributed by atoms with Crippen LogP contribution in [0.15, 0.2) is 78.9 Å². The summed E-state index contributed by atoms with van der Waals surface area (Å²) in [7, 11) is 0. The molecule has 0 spiro atoms. The van der Waals surface area contributed by atoms with E-state index in [0.29, 0.717) is 0 Å². The van der Waals surface area contributed by atoms with Crippen LogP contribution in [0.5, 0.6) is 0 Å². The summed E-state index contributed by atoms with van der Waals surface area (Å²) >= 11 is 0. The molecule has 0 saturated carbocycles. The van der Waals surface area contributed by atoms with Gasteiger partial charge in [-0.15, -0.1) is 0 Å². The van der Waals surface area contributed by atoms with E-state index in [9.17, 15) is 14.4 Å². The highest BCUT2D eigenvalue weighted by Crippen LogP contribution is 2.45. The Morgan fingerprint density at radius 1 is 0.943 bits per heavy atom. The molecule has 3 aromatic carbocycles. The van der Waals surface area contributed by atoms with E-state index in [2.05, 4.69) is 5.32 Å². The number of carbonyl (C=O) groups is 3. The highest BCUT2D eigenvalue weighted by atomic mass is 16.6. The van der Waals surface area contributed by atoms with Crippen molar-refractivity contribution in [3.05, 3.63) is 95.6 Å². The molecular weight excluding hydrogens is 444 g/mol. The lowest BCUT2D eigenvalue weighted by molar-refractivity contribution is -0.169. The van der Waals surface area contributed by atoms with Gasteiger partial charge in [0.1, 0.15) is 18.7 Å². The average Bonchev–Trinajstić information content (AvgIpc) is 3.19. The summed E-state index contributed by atoms with van der Waals surface area (Å²) in [6.45, 7) is 3.29. The SMILES string of the molecule is C[C@H](NC(=O)OC1c2ccccc2-c2ccccc21)C(=O)N1[C@@H](C)C(=O)OC[C@H]1c1ccccc1. The van der Waals surface area contributed by atoms with Crippen LogP contribution in [0.4, 0.5) is 4.79 Å². The fourth-order valence-electron chi connectivity index (χ4n) is 4.86. The number of hydrogen-bond acceptors (Lipinski definition) is 5. The van der Waals surface area contributed by atoms with E-state index in [1.54, 1.807) is 13.8 Å². The number of hydrogen-bond donors (Lipinski definition) is 1. The molecule has 1 heterocycles. The molecule has 1 aliphatic carbocycles. The summed E-state index contributed by atoms with van der Waals surface area (Å²) in [6, 6.07) is 22.9. The van der Waals surface area contributed by atoms with Crippen molar-refractivity contribution in [2.75, 3.05) is 6.61 Å². The molecular formula is C28H26N2O5. The summed E-state index contributed by atoms with van der Waals surface area (Å²) < 4.78 is 11.1. The fourth-order valence-corrected chi connectivity index (χ4v) is 4.86. The van der Waals surface area contributed by atoms with Crippen molar-refractivity contribution in [3.63, 3.8) is 0 Å². The Balaban J connectivity index is 1.33. The highest BCUT2D eigenvalue weighted by Gasteiger charge is 2.41. The largest absolute Gasteiger partial charge is 0.462 e. The van der Waals surface area contributed by atoms with Crippen LogP contribution in [0.25, 0.3) is 11.1 Å². The van der Waals surface area contributed by atoms with Crippen LogP contribution >= 0.6 is 0 Å². The number of carbonyl (C=O) groups excluding carboxylic acids is 3. The van der Waals surface area contributed by atoms with Crippen molar-refractivity contribution in [1.29, 1.82) is 0 Å². The second kappa shape index (κ2) is 9.25. The quantitative estimate of drug-likeness (QED) is 0.572. The predicted octanol–water partition coefficient (Wildman–Crippen LogP) is 4.39. The number of esters is 1. The van der Waals surface area contributed by atoms with Crippen LogP contribution in [0.3, 0.4) is 0 Å². The third kappa shape index (κ3) is 4.14. The number of alkyl carbamates (subject to hydrolysis) is 1. The molecule has 1 fully saturated rings. The van der Waals surface area contributed by atoms with Gasteiger partial charge in [0, 0.05) is 11.1 Å². The molecule has 2 amide bonds. The first-order valence-electron chi connectivity index (χ1n) is 11.6. The number of amides is 2. The van der Waals surface area contributed by atoms with Crippen LogP contribution in [-0.2, 0) is 19.1 Å². The number of nitrogens with one attached hydrogen (secondary N) is 1. The number of rotatable bonds is 4. The highest BCUT2D eigenvalue weighted by molar-refractivity contribution is 5.90. The van der Waals surface area contributed by atoms with Crippen molar-refractivity contribution in [2.45, 2.75) is 38.1 Å². The Morgan fingerprint density at radius 2 is 1.51 bits per heavy atom. The summed E-state index contributed by atoms with van der Waals surface area (Å²) in [5.74, 6) is -0.855. The number of morpholine rings is 1. The van der Waals surface area contributed by atoms with Crippen LogP contribution < -0.4 is 5.32 Å². The van der Waals surface area contributed by atoms with Crippen LogP contribution in [0.2, 0.25) is 0 Å². The minimum atomic E-state index is -0.908. The van der Waals surface area contributed by atoms with Gasteiger partial charge in [-0.1, -0.05) is 78.9 Å². The minimum absolute atomic E-state index is 0.0612. The zero-order chi connectivity index (χ0) is 24.5. The number of nitrogens with zero attached hydrogens (tertiary/aromatic N) is 1. The molecule has 5 rings (SSSR count). The lowest BCUT2D eigenvalue weighted by Crippen LogP contribution is -2.57. The van der Waals surface area contributed by atoms with E-state index in [-0.39, 0.29) is 12.5 Å². The molecule has 0 unspecified atom stereocenters. The monoisotopic (exact) mass is 470 g/mol. The molecule has 0 aromatic heterocycles. The Labute approximate surface area is 203 Å². The van der Waals surface area contributed by atoms with E-state index in [1.807, 2.05) is 78.9 Å². The van der Waals surface area contributed by atoms with Crippen molar-refractivity contribution in [3.8, 4) is 11.1 Å². The van der Waals surface area contributed by atoms with Crippen LogP contribution in [0.1, 0.15) is 42.7 Å². The zero-order valence-corrected chi connectivity index (χ0v) is 19.5. The molecule has 7 nitrogen and oxygen atoms in total. The molecule has 3 atom stereocenters. The van der Waals surface area contributed by atoms with E-state index in [1.165, 1.54) is 4.90 Å². The van der Waals surface area contributed by atoms with E-state index in [0.717, 1.165) is 27.8 Å². The Morgan fingerprint density at radius 3 is 2.14 bits per heavy atom. The first-order chi connectivity index (χ1) is 17.0. The molecule has 2 aliphatic rings. The maximum absolute atomic E-state index is 13.5. The molecule has 0 bridgehead atoms. The van der Waals surface area contributed by atoms with Gasteiger partial charge in [0.2, 0.25) is 5.91 Å². The Hall–Kier alpha value is -4.13.